The van der Waals surface area contributed by atoms with Gasteiger partial charge in [-0.15, -0.1) is 0 Å². The maximum Gasteiger partial charge on any atom is 0.0431 e. The van der Waals surface area contributed by atoms with Gasteiger partial charge < -0.3 is 5.11 Å². The van der Waals surface area contributed by atoms with Crippen LogP contribution in [0.2, 0.25) is 0 Å². The van der Waals surface area contributed by atoms with Crippen molar-refractivity contribution in [2.24, 2.45) is 5.92 Å². The Balaban J connectivity index is 3.54. The lowest BCUT2D eigenvalue weighted by molar-refractivity contribution is 0.282. The van der Waals surface area contributed by atoms with Crippen LogP contribution in [0.25, 0.3) is 0 Å². The van der Waals surface area contributed by atoms with Crippen molar-refractivity contribution in [1.29, 1.82) is 0 Å². The molecule has 0 fully saturated rings. The standard InChI is InChI=1S/C34H70O/c1-3-5-7-9-20-23-27-31-34(30-26-8-6-4-2)32-28-24-21-18-16-14-12-10-11-13-15-17-19-22-25-29-33-35/h34-35H,3-33H2,1-2H3. The van der Waals surface area contributed by atoms with E-state index in [0.717, 1.165) is 12.3 Å². The molecule has 212 valence electrons. The van der Waals surface area contributed by atoms with E-state index in [1.165, 1.54) is 186 Å². The normalized spacial score (nSPS) is 12.4. The molecule has 0 saturated heterocycles. The van der Waals surface area contributed by atoms with E-state index >= 15 is 0 Å². The van der Waals surface area contributed by atoms with Crippen LogP contribution in [-0.2, 0) is 0 Å². The Morgan fingerprint density at radius 1 is 0.314 bits per heavy atom. The molecule has 0 saturated carbocycles. The summed E-state index contributed by atoms with van der Waals surface area (Å²) >= 11 is 0. The van der Waals surface area contributed by atoms with Gasteiger partial charge in [0.1, 0.15) is 0 Å². The topological polar surface area (TPSA) is 20.2 Å². The Morgan fingerprint density at radius 2 is 0.543 bits per heavy atom. The largest absolute Gasteiger partial charge is 0.396 e. The monoisotopic (exact) mass is 495 g/mol. The summed E-state index contributed by atoms with van der Waals surface area (Å²) in [5.41, 5.74) is 0. The van der Waals surface area contributed by atoms with Gasteiger partial charge in [0.2, 0.25) is 0 Å². The molecule has 1 nitrogen and oxygen atoms in total. The average Bonchev–Trinajstić information content (AvgIpc) is 2.87. The summed E-state index contributed by atoms with van der Waals surface area (Å²) in [5, 5.41) is 8.80. The fraction of sp³-hybridized carbons (Fsp3) is 1.00. The van der Waals surface area contributed by atoms with Crippen molar-refractivity contribution in [3.63, 3.8) is 0 Å². The number of aliphatic hydroxyl groups is 1. The van der Waals surface area contributed by atoms with E-state index in [0.29, 0.717) is 6.61 Å². The van der Waals surface area contributed by atoms with E-state index in [9.17, 15) is 0 Å². The van der Waals surface area contributed by atoms with E-state index in [4.69, 9.17) is 5.11 Å². The number of rotatable bonds is 31. The SMILES string of the molecule is CCCCCCCCCC(CCCCCC)CCCCCCCCCCCCCCCCCCO. The minimum atomic E-state index is 0.374. The van der Waals surface area contributed by atoms with Crippen LogP contribution in [-0.4, -0.2) is 11.7 Å². The summed E-state index contributed by atoms with van der Waals surface area (Å²) in [7, 11) is 0. The van der Waals surface area contributed by atoms with Crippen LogP contribution in [0.1, 0.15) is 206 Å². The average molecular weight is 495 g/mol. The van der Waals surface area contributed by atoms with Crippen LogP contribution in [0.4, 0.5) is 0 Å². The lowest BCUT2D eigenvalue weighted by atomic mass is 9.89. The summed E-state index contributed by atoms with van der Waals surface area (Å²) in [6.07, 6.45) is 43.0. The van der Waals surface area contributed by atoms with Gasteiger partial charge in [0, 0.05) is 6.61 Å². The molecule has 1 atom stereocenters. The Kier molecular flexibility index (Phi) is 32.0. The number of aliphatic hydroxyl groups excluding tert-OH is 1. The van der Waals surface area contributed by atoms with Crippen molar-refractivity contribution in [3.8, 4) is 0 Å². The van der Waals surface area contributed by atoms with Crippen molar-refractivity contribution in [1.82, 2.24) is 0 Å². The molecule has 0 aromatic rings. The molecule has 0 aliphatic heterocycles. The van der Waals surface area contributed by atoms with Gasteiger partial charge in [-0.2, -0.15) is 0 Å². The molecule has 1 unspecified atom stereocenters. The van der Waals surface area contributed by atoms with Gasteiger partial charge in [-0.05, 0) is 12.3 Å². The van der Waals surface area contributed by atoms with Crippen molar-refractivity contribution in [2.75, 3.05) is 6.61 Å². The smallest absolute Gasteiger partial charge is 0.0431 e. The molecule has 0 amide bonds. The molecule has 0 bridgehead atoms. The number of hydrogen-bond acceptors (Lipinski definition) is 1. The van der Waals surface area contributed by atoms with Crippen molar-refractivity contribution in [3.05, 3.63) is 0 Å². The van der Waals surface area contributed by atoms with E-state index in [2.05, 4.69) is 13.8 Å². The molecule has 35 heavy (non-hydrogen) atoms. The van der Waals surface area contributed by atoms with Gasteiger partial charge in [0.15, 0.2) is 0 Å². The van der Waals surface area contributed by atoms with Crippen LogP contribution in [0.3, 0.4) is 0 Å². The van der Waals surface area contributed by atoms with E-state index in [1.54, 1.807) is 0 Å². The Hall–Kier alpha value is -0.0400. The molecule has 0 spiro atoms. The molecule has 0 rings (SSSR count). The Bertz CT molecular complexity index is 352. The second kappa shape index (κ2) is 32.0. The van der Waals surface area contributed by atoms with Crippen LogP contribution in [0.5, 0.6) is 0 Å². The van der Waals surface area contributed by atoms with Crippen molar-refractivity contribution < 1.29 is 5.11 Å². The first-order valence-corrected chi connectivity index (χ1v) is 17.0. The maximum absolute atomic E-state index is 8.80. The first kappa shape index (κ1) is 35.0. The van der Waals surface area contributed by atoms with Gasteiger partial charge in [-0.25, -0.2) is 0 Å². The molecule has 1 N–H and O–H groups in total. The quantitative estimate of drug-likeness (QED) is 0.0950. The molecule has 0 aliphatic rings. The highest BCUT2D eigenvalue weighted by atomic mass is 16.2. The Labute approximate surface area is 224 Å². The highest BCUT2D eigenvalue weighted by Gasteiger charge is 2.08. The second-order valence-electron chi connectivity index (χ2n) is 11.8. The zero-order chi connectivity index (χ0) is 25.5. The van der Waals surface area contributed by atoms with Gasteiger partial charge in [0.05, 0.1) is 0 Å². The number of unbranched alkanes of at least 4 members (excludes halogenated alkanes) is 24. The zero-order valence-corrected chi connectivity index (χ0v) is 24.9. The van der Waals surface area contributed by atoms with Gasteiger partial charge >= 0.3 is 0 Å². The molecular formula is C34H70O. The summed E-state index contributed by atoms with van der Waals surface area (Å²) in [5.74, 6) is 1.03. The minimum Gasteiger partial charge on any atom is -0.396 e. The molecule has 0 radical (unpaired) electrons. The third kappa shape index (κ3) is 30.1. The predicted octanol–water partition coefficient (Wildman–Crippen LogP) is 12.3. The summed E-state index contributed by atoms with van der Waals surface area (Å²) in [6, 6.07) is 0. The molecule has 1 heteroatoms. The molecule has 0 aromatic heterocycles. The fourth-order valence-electron chi connectivity index (χ4n) is 5.70. The van der Waals surface area contributed by atoms with Crippen LogP contribution >= 0.6 is 0 Å². The highest BCUT2D eigenvalue weighted by Crippen LogP contribution is 2.24. The summed E-state index contributed by atoms with van der Waals surface area (Å²) < 4.78 is 0. The maximum atomic E-state index is 8.80. The highest BCUT2D eigenvalue weighted by molar-refractivity contribution is 4.62. The van der Waals surface area contributed by atoms with E-state index < -0.39 is 0 Å². The fourth-order valence-corrected chi connectivity index (χ4v) is 5.70. The van der Waals surface area contributed by atoms with Crippen molar-refractivity contribution in [2.45, 2.75) is 206 Å². The first-order chi connectivity index (χ1) is 17.3. The Morgan fingerprint density at radius 3 is 0.829 bits per heavy atom. The van der Waals surface area contributed by atoms with E-state index in [1.807, 2.05) is 0 Å². The third-order valence-electron chi connectivity index (χ3n) is 8.20. The summed E-state index contributed by atoms with van der Waals surface area (Å²) in [6.45, 7) is 5.03. The number of hydrogen-bond donors (Lipinski definition) is 1. The van der Waals surface area contributed by atoms with Gasteiger partial charge in [-0.1, -0.05) is 200 Å². The van der Waals surface area contributed by atoms with E-state index in [-0.39, 0.29) is 0 Å². The third-order valence-corrected chi connectivity index (χ3v) is 8.20. The summed E-state index contributed by atoms with van der Waals surface area (Å²) in [4.78, 5) is 0. The van der Waals surface area contributed by atoms with Crippen LogP contribution in [0.15, 0.2) is 0 Å². The molecule has 0 aromatic carbocycles. The van der Waals surface area contributed by atoms with Crippen molar-refractivity contribution >= 4 is 0 Å². The minimum absolute atomic E-state index is 0.374. The lowest BCUT2D eigenvalue weighted by Gasteiger charge is -2.17. The molecule has 0 aliphatic carbocycles. The first-order valence-electron chi connectivity index (χ1n) is 17.0. The van der Waals surface area contributed by atoms with Gasteiger partial charge in [0.25, 0.3) is 0 Å². The van der Waals surface area contributed by atoms with Crippen LogP contribution in [0, 0.1) is 5.92 Å². The lowest BCUT2D eigenvalue weighted by Crippen LogP contribution is -2.01. The molecular weight excluding hydrogens is 424 g/mol. The zero-order valence-electron chi connectivity index (χ0n) is 24.9. The van der Waals surface area contributed by atoms with Gasteiger partial charge in [-0.3, -0.25) is 0 Å². The predicted molar refractivity (Wildman–Crippen MR) is 160 cm³/mol. The van der Waals surface area contributed by atoms with Crippen LogP contribution < -0.4 is 0 Å². The second-order valence-corrected chi connectivity index (χ2v) is 11.8. The molecule has 0 heterocycles.